The first kappa shape index (κ1) is 40.9. The Morgan fingerprint density at radius 3 is 2.51 bits per heavy atom. The highest BCUT2D eigenvalue weighted by molar-refractivity contribution is 7.13. The molecule has 2 N–H and O–H groups in total. The van der Waals surface area contributed by atoms with Gasteiger partial charge in [-0.2, -0.15) is 0 Å². The first-order chi connectivity index (χ1) is 30.5. The maximum atomic E-state index is 16.0. The van der Waals surface area contributed by atoms with Gasteiger partial charge in [-0.15, -0.1) is 11.3 Å². The number of carbonyl (C=O) groups excluding carboxylic acids is 4. The molecule has 18 heteroatoms. The number of halogens is 3. The molecule has 2 aromatic heterocycles. The maximum Gasteiger partial charge on any atom is 0.328 e. The van der Waals surface area contributed by atoms with E-state index in [4.69, 9.17) is 0 Å². The van der Waals surface area contributed by atoms with Gasteiger partial charge in [0.1, 0.15) is 5.82 Å². The van der Waals surface area contributed by atoms with Crippen LogP contribution in [-0.4, -0.2) is 111 Å². The summed E-state index contributed by atoms with van der Waals surface area (Å²) < 4.78 is 49.8. The van der Waals surface area contributed by atoms with Crippen LogP contribution in [0.5, 0.6) is 0 Å². The number of para-hydroxylation sites is 1. The van der Waals surface area contributed by atoms with Gasteiger partial charge in [0.05, 0.1) is 31.2 Å². The number of hydrogen-bond donors (Lipinski definition) is 2. The molecule has 326 valence electrons. The van der Waals surface area contributed by atoms with E-state index in [9.17, 15) is 19.2 Å². The molecule has 0 saturated carbocycles. The molecule has 0 aliphatic carbocycles. The van der Waals surface area contributed by atoms with Gasteiger partial charge in [0.15, 0.2) is 11.2 Å². The van der Waals surface area contributed by atoms with Crippen molar-refractivity contribution in [1.82, 2.24) is 34.6 Å². The quantitative estimate of drug-likeness (QED) is 0.176. The third-order valence-electron chi connectivity index (χ3n) is 13.0. The van der Waals surface area contributed by atoms with Crippen LogP contribution in [0.4, 0.5) is 34.5 Å². The highest BCUT2D eigenvalue weighted by atomic mass is 32.1. The van der Waals surface area contributed by atoms with Gasteiger partial charge >= 0.3 is 6.03 Å². The van der Waals surface area contributed by atoms with Gasteiger partial charge in [-0.25, -0.2) is 27.9 Å². The molecule has 3 saturated heterocycles. The molecular weight excluding hydrogens is 834 g/mol. The van der Waals surface area contributed by atoms with E-state index < -0.39 is 48.2 Å². The maximum absolute atomic E-state index is 16.0. The number of rotatable bonds is 10. The Hall–Kier alpha value is -6.11. The number of amides is 5. The monoisotopic (exact) mass is 878 g/mol. The molecule has 63 heavy (non-hydrogen) atoms. The number of imide groups is 1. The molecule has 7 heterocycles. The number of hydrogen-bond acceptors (Lipinski definition) is 10. The number of imidazole rings is 1. The second-order valence-electron chi connectivity index (χ2n) is 16.7. The Bertz CT molecular complexity index is 2580. The molecule has 14 nitrogen and oxygen atoms in total. The summed E-state index contributed by atoms with van der Waals surface area (Å²) in [5, 5.41) is 7.30. The topological polar surface area (TPSA) is 139 Å². The summed E-state index contributed by atoms with van der Waals surface area (Å²) in [5.41, 5.74) is 5.32. The molecule has 0 bridgehead atoms. The number of carbonyl (C=O) groups is 4. The van der Waals surface area contributed by atoms with E-state index in [1.807, 2.05) is 45.9 Å². The van der Waals surface area contributed by atoms with Crippen molar-refractivity contribution in [3.05, 3.63) is 112 Å². The van der Waals surface area contributed by atoms with Crippen molar-refractivity contribution in [2.45, 2.75) is 63.3 Å². The minimum atomic E-state index is -2.95. The summed E-state index contributed by atoms with van der Waals surface area (Å²) in [6.45, 7) is 3.30. The van der Waals surface area contributed by atoms with Crippen molar-refractivity contribution in [2.24, 2.45) is 0 Å². The summed E-state index contributed by atoms with van der Waals surface area (Å²) in [4.78, 5) is 69.7. The molecule has 3 aromatic carbocycles. The highest BCUT2D eigenvalue weighted by Crippen LogP contribution is 2.39. The number of piperazine rings is 1. The number of piperidine rings is 1. The van der Waals surface area contributed by atoms with Gasteiger partial charge in [0.25, 0.3) is 17.7 Å². The SMILES string of the molecule is O=C1CCN(c2ccccc2CN2CCC(N3CCN(c4ccc(-c5cc(F)c6c(c5)C(=O)N(C(C(=O)Nc5nccs5)c5ncn7c5CCC7)C6)cc4)CC3)C(F)(F)C2)C(=O)N1. The Morgan fingerprint density at radius 2 is 1.75 bits per heavy atom. The molecule has 5 aliphatic rings. The number of aryl methyl sites for hydroxylation is 1. The van der Waals surface area contributed by atoms with Crippen LogP contribution in [0, 0.1) is 5.82 Å². The van der Waals surface area contributed by atoms with Gasteiger partial charge in [-0.3, -0.25) is 39.7 Å². The van der Waals surface area contributed by atoms with Crippen molar-refractivity contribution in [3.63, 3.8) is 0 Å². The first-order valence-electron chi connectivity index (χ1n) is 21.3. The standard InChI is InChI=1S/C45H45F3N10O4S/c46-34-23-30(22-32-33(34)25-58(42(32)61)40(41(60)52-43-49-13-21-63-43)39-36-6-3-14-56(36)27-50-39)28-7-9-31(10-8-28)54-17-19-55(20-18-54)37-11-15-53(26-45(37,47)48)24-29-4-1-2-5-35(29)57-16-12-38(59)51-44(57)62/h1-2,4-5,7-10,13,21-23,27,37,40H,3,6,11-12,14-20,24-26H2,(H,49,52,60)(H,51,59,62). The van der Waals surface area contributed by atoms with Crippen molar-refractivity contribution < 1.29 is 32.3 Å². The van der Waals surface area contributed by atoms with Crippen LogP contribution in [0.2, 0.25) is 0 Å². The molecule has 5 aliphatic heterocycles. The number of thiazole rings is 1. The number of benzene rings is 3. The molecule has 0 radical (unpaired) electrons. The molecule has 2 atom stereocenters. The highest BCUT2D eigenvalue weighted by Gasteiger charge is 2.48. The van der Waals surface area contributed by atoms with Crippen LogP contribution in [0.1, 0.15) is 58.2 Å². The van der Waals surface area contributed by atoms with Crippen molar-refractivity contribution >= 4 is 51.6 Å². The Labute approximate surface area is 365 Å². The lowest BCUT2D eigenvalue weighted by Crippen LogP contribution is -2.61. The fourth-order valence-corrected chi connectivity index (χ4v) is 10.4. The van der Waals surface area contributed by atoms with Crippen LogP contribution in [0.25, 0.3) is 11.1 Å². The molecule has 5 amide bonds. The molecule has 2 unspecified atom stereocenters. The van der Waals surface area contributed by atoms with Gasteiger partial charge in [0, 0.05) is 98.6 Å². The fraction of sp³-hybridized carbons (Fsp3) is 0.378. The Balaban J connectivity index is 0.780. The van der Waals surface area contributed by atoms with Gasteiger partial charge < -0.3 is 14.4 Å². The van der Waals surface area contributed by atoms with Gasteiger partial charge in [-0.05, 0) is 66.3 Å². The minimum absolute atomic E-state index is 0.0853. The van der Waals surface area contributed by atoms with E-state index in [2.05, 4.69) is 25.5 Å². The number of anilines is 3. The fourth-order valence-electron chi connectivity index (χ4n) is 9.85. The summed E-state index contributed by atoms with van der Waals surface area (Å²) in [5.74, 6) is -4.74. The zero-order valence-corrected chi connectivity index (χ0v) is 35.1. The third kappa shape index (κ3) is 7.84. The van der Waals surface area contributed by atoms with E-state index in [0.717, 1.165) is 36.3 Å². The number of fused-ring (bicyclic) bond motifs is 2. The van der Waals surface area contributed by atoms with Crippen LogP contribution < -0.4 is 20.4 Å². The van der Waals surface area contributed by atoms with Crippen LogP contribution in [0.15, 0.2) is 78.6 Å². The number of alkyl halides is 2. The lowest BCUT2D eigenvalue weighted by molar-refractivity contribution is -0.129. The average Bonchev–Trinajstić information content (AvgIpc) is 4.09. The number of aromatic nitrogens is 3. The molecule has 0 spiro atoms. The van der Waals surface area contributed by atoms with E-state index in [0.29, 0.717) is 66.8 Å². The Morgan fingerprint density at radius 1 is 0.937 bits per heavy atom. The average molecular weight is 879 g/mol. The number of urea groups is 1. The van der Waals surface area contributed by atoms with Crippen molar-refractivity contribution in [2.75, 3.05) is 60.9 Å². The lowest BCUT2D eigenvalue weighted by atomic mass is 9.97. The first-order valence-corrected chi connectivity index (χ1v) is 22.2. The predicted octanol–water partition coefficient (Wildman–Crippen LogP) is 5.91. The van der Waals surface area contributed by atoms with Crippen LogP contribution in [0.3, 0.4) is 0 Å². The largest absolute Gasteiger partial charge is 0.369 e. The van der Waals surface area contributed by atoms with Crippen molar-refractivity contribution in [1.29, 1.82) is 0 Å². The molecule has 3 fully saturated rings. The van der Waals surface area contributed by atoms with Gasteiger partial charge in [0.2, 0.25) is 5.91 Å². The van der Waals surface area contributed by atoms with Gasteiger partial charge in [-0.1, -0.05) is 30.3 Å². The smallest absolute Gasteiger partial charge is 0.328 e. The molecule has 5 aromatic rings. The normalized spacial score (nSPS) is 20.8. The third-order valence-corrected chi connectivity index (χ3v) is 13.7. The minimum Gasteiger partial charge on any atom is -0.369 e. The zero-order valence-electron chi connectivity index (χ0n) is 34.3. The summed E-state index contributed by atoms with van der Waals surface area (Å²) in [6, 6.07) is 15.5. The van der Waals surface area contributed by atoms with Crippen LogP contribution in [-0.2, 0) is 35.6 Å². The summed E-state index contributed by atoms with van der Waals surface area (Å²) >= 11 is 1.26. The van der Waals surface area contributed by atoms with Crippen LogP contribution >= 0.6 is 11.3 Å². The summed E-state index contributed by atoms with van der Waals surface area (Å²) in [7, 11) is 0. The van der Waals surface area contributed by atoms with E-state index >= 15 is 13.2 Å². The van der Waals surface area contributed by atoms with E-state index in [1.54, 1.807) is 41.0 Å². The Kier molecular flexibility index (Phi) is 10.7. The lowest BCUT2D eigenvalue weighted by Gasteiger charge is -2.46. The van der Waals surface area contributed by atoms with Crippen molar-refractivity contribution in [3.8, 4) is 11.1 Å². The molecular formula is C45H45F3N10O4S. The zero-order chi connectivity index (χ0) is 43.4. The second kappa shape index (κ2) is 16.5. The van der Waals surface area contributed by atoms with E-state index in [-0.39, 0.29) is 43.1 Å². The molecule has 10 rings (SSSR count). The predicted molar refractivity (Wildman–Crippen MR) is 230 cm³/mol. The van der Waals surface area contributed by atoms with E-state index in [1.165, 1.54) is 27.2 Å². The number of nitrogens with zero attached hydrogens (tertiary/aromatic N) is 8. The number of likely N-dealkylation sites (tertiary alicyclic amines) is 1. The number of nitrogens with one attached hydrogen (secondary N) is 2. The summed E-state index contributed by atoms with van der Waals surface area (Å²) in [6.07, 6.45) is 5.37. The second-order valence-corrected chi connectivity index (χ2v) is 17.6.